The van der Waals surface area contributed by atoms with Crippen molar-refractivity contribution in [2.24, 2.45) is 0 Å². The van der Waals surface area contributed by atoms with Crippen LogP contribution in [0.1, 0.15) is 0 Å². The van der Waals surface area contributed by atoms with Gasteiger partial charge in [-0.2, -0.15) is 0 Å². The molecule has 5 heavy (non-hydrogen) atoms. The van der Waals surface area contributed by atoms with Gasteiger partial charge < -0.3 is 5.48 Å². The van der Waals surface area contributed by atoms with Crippen LogP contribution in [0.25, 0.3) is 0 Å². The van der Waals surface area contributed by atoms with Crippen molar-refractivity contribution in [2.75, 3.05) is 0 Å². The summed E-state index contributed by atoms with van der Waals surface area (Å²) < 4.78 is 0. The molecule has 0 unspecified atom stereocenters. The first kappa shape index (κ1) is 42.6. The first-order valence-corrected chi connectivity index (χ1v) is 0. The van der Waals surface area contributed by atoms with Gasteiger partial charge in [-0.25, -0.2) is 0 Å². The van der Waals surface area contributed by atoms with Crippen molar-refractivity contribution in [1.29, 1.82) is 0 Å². The van der Waals surface area contributed by atoms with Gasteiger partial charge in [0.15, 0.2) is 0 Å². The summed E-state index contributed by atoms with van der Waals surface area (Å²) in [5, 5.41) is 0. The minimum absolute atomic E-state index is 0. The molecule has 5 heteroatoms. The van der Waals surface area contributed by atoms with Crippen LogP contribution in [0.15, 0.2) is 0 Å². The van der Waals surface area contributed by atoms with E-state index < -0.39 is 0 Å². The van der Waals surface area contributed by atoms with Crippen molar-refractivity contribution < 1.29 is 96.5 Å². The van der Waals surface area contributed by atoms with Gasteiger partial charge in [0.1, 0.15) is 0 Å². The predicted molar refractivity (Wildman–Crippen MR) is 6.44 cm³/mol. The molecule has 0 aliphatic rings. The summed E-state index contributed by atoms with van der Waals surface area (Å²) in [7, 11) is 0. The maximum atomic E-state index is 0. The molecule has 0 rings (SSSR count). The first-order valence-electron chi connectivity index (χ1n) is 0. The van der Waals surface area contributed by atoms with Crippen LogP contribution < -0.4 is 51.4 Å². The fourth-order valence-electron chi connectivity index (χ4n) is 0. The molecular weight excluding hydrogens is 318 g/mol. The van der Waals surface area contributed by atoms with Gasteiger partial charge in [0.25, 0.3) is 0 Å². The van der Waals surface area contributed by atoms with Gasteiger partial charge in [-0.15, -0.1) is 0 Å². The Bertz CT molecular complexity index is 11.6. The van der Waals surface area contributed by atoms with Crippen LogP contribution in [-0.2, 0) is 45.1 Å². The van der Waals surface area contributed by atoms with Gasteiger partial charge >= 0.3 is 62.3 Å². The largest absolute Gasteiger partial charge is 4.00 e. The fraction of sp³-hybridized carbons (Fsp3) is 0. The maximum absolute atomic E-state index is 0. The van der Waals surface area contributed by atoms with E-state index >= 15 is 0 Å². The predicted octanol–water partition coefficient (Wildman–Crippen LogP) is -3.50. The first-order chi connectivity index (χ1) is 0. The minimum atomic E-state index is 0. The molecule has 0 bridgehead atoms. The molecule has 0 saturated heterocycles. The van der Waals surface area contributed by atoms with E-state index in [1.54, 1.807) is 0 Å². The molecule has 0 heterocycles. The Balaban J connectivity index is 0. The molecule has 0 aromatic rings. The van der Waals surface area contributed by atoms with Gasteiger partial charge in [0.2, 0.25) is 0 Å². The van der Waals surface area contributed by atoms with E-state index in [-0.39, 0.29) is 107 Å². The van der Waals surface area contributed by atoms with Crippen LogP contribution in [0.3, 0.4) is 0 Å². The fourth-order valence-corrected chi connectivity index (χ4v) is 0. The maximum Gasteiger partial charge on any atom is 4.00 e. The van der Waals surface area contributed by atoms with Crippen molar-refractivity contribution in [2.45, 2.75) is 0 Å². The van der Waals surface area contributed by atoms with E-state index in [0.29, 0.717) is 0 Å². The molecular formula is KOSiVW+3. The van der Waals surface area contributed by atoms with E-state index in [0.717, 1.165) is 0 Å². The SMILES string of the molecule is [K+].[O-2].[Si+4].[V].[W]. The summed E-state index contributed by atoms with van der Waals surface area (Å²) in [5.74, 6) is 0. The number of rotatable bonds is 0. The molecule has 0 fully saturated rings. The van der Waals surface area contributed by atoms with E-state index in [1.165, 1.54) is 0 Å². The zero-order valence-electron chi connectivity index (χ0n) is 2.76. The van der Waals surface area contributed by atoms with Crippen molar-refractivity contribution in [3.05, 3.63) is 0 Å². The summed E-state index contributed by atoms with van der Waals surface area (Å²) in [6, 6.07) is 0. The molecule has 0 spiro atoms. The van der Waals surface area contributed by atoms with Crippen LogP contribution in [0.4, 0.5) is 0 Å². The minimum Gasteiger partial charge on any atom is -2.00 e. The van der Waals surface area contributed by atoms with Crippen LogP contribution in [-0.4, -0.2) is 11.0 Å². The van der Waals surface area contributed by atoms with Crippen LogP contribution >= 0.6 is 0 Å². The molecule has 0 aromatic carbocycles. The zero-order chi connectivity index (χ0) is 0. The van der Waals surface area contributed by atoms with Gasteiger partial charge in [0.05, 0.1) is 0 Å². The zero-order valence-corrected chi connectivity index (χ0v) is 11.2. The van der Waals surface area contributed by atoms with Gasteiger partial charge in [-0.1, -0.05) is 0 Å². The van der Waals surface area contributed by atoms with Crippen molar-refractivity contribution in [3.8, 4) is 0 Å². The molecule has 0 aromatic heterocycles. The third-order valence-electron chi connectivity index (χ3n) is 0. The average molecular weight is 318 g/mol. The van der Waals surface area contributed by atoms with E-state index in [2.05, 4.69) is 0 Å². The van der Waals surface area contributed by atoms with Crippen molar-refractivity contribution in [3.63, 3.8) is 0 Å². The Hall–Kier alpha value is 3.09. The summed E-state index contributed by atoms with van der Waals surface area (Å²) >= 11 is 0. The molecule has 0 saturated carbocycles. The van der Waals surface area contributed by atoms with Crippen LogP contribution in [0.5, 0.6) is 0 Å². The molecule has 0 N–H and O–H groups in total. The Morgan fingerprint density at radius 1 is 1.00 bits per heavy atom. The van der Waals surface area contributed by atoms with Gasteiger partial charge in [-0.3, -0.25) is 0 Å². The smallest absolute Gasteiger partial charge is 2.00 e. The number of hydrogen-bond donors (Lipinski definition) is 0. The van der Waals surface area contributed by atoms with Gasteiger partial charge in [-0.05, 0) is 0 Å². The summed E-state index contributed by atoms with van der Waals surface area (Å²) in [6.07, 6.45) is 0. The van der Waals surface area contributed by atoms with E-state index in [9.17, 15) is 0 Å². The molecule has 19 valence electrons. The quantitative estimate of drug-likeness (QED) is 0.415. The molecule has 0 aliphatic heterocycles. The van der Waals surface area contributed by atoms with Gasteiger partial charge in [0, 0.05) is 39.6 Å². The van der Waals surface area contributed by atoms with Crippen LogP contribution in [0, 0.1) is 0 Å². The van der Waals surface area contributed by atoms with E-state index in [4.69, 9.17) is 0 Å². The van der Waals surface area contributed by atoms with Crippen molar-refractivity contribution >= 4 is 11.0 Å². The molecule has 1 radical (unpaired) electrons. The second-order valence-corrected chi connectivity index (χ2v) is 0. The second kappa shape index (κ2) is 27.6. The summed E-state index contributed by atoms with van der Waals surface area (Å²) in [4.78, 5) is 0. The Morgan fingerprint density at radius 2 is 1.00 bits per heavy atom. The average Bonchev–Trinajstić information content (AvgIpc) is 0. The van der Waals surface area contributed by atoms with E-state index in [1.807, 2.05) is 0 Å². The topological polar surface area (TPSA) is 28.5 Å². The molecule has 1 nitrogen and oxygen atoms in total. The monoisotopic (exact) mass is 318 g/mol. The Labute approximate surface area is 105 Å². The molecule has 0 amide bonds. The normalized spacial score (nSPS) is 0. The second-order valence-electron chi connectivity index (χ2n) is 0. The molecule has 0 atom stereocenters. The summed E-state index contributed by atoms with van der Waals surface area (Å²) in [5.41, 5.74) is 0. The molecule has 0 aliphatic carbocycles. The standard InChI is InChI=1S/K.O.Si.V.W/q+1;-2;+4;;. The third kappa shape index (κ3) is 19.2. The Kier molecular flexibility index (Phi) is 235. The third-order valence-corrected chi connectivity index (χ3v) is 0. The van der Waals surface area contributed by atoms with Crippen molar-refractivity contribution in [1.82, 2.24) is 0 Å². The van der Waals surface area contributed by atoms with Crippen LogP contribution in [0.2, 0.25) is 0 Å². The Morgan fingerprint density at radius 3 is 1.00 bits per heavy atom. The summed E-state index contributed by atoms with van der Waals surface area (Å²) in [6.45, 7) is 0. The number of hydrogen-bond acceptors (Lipinski definition) is 0.